The van der Waals surface area contributed by atoms with Crippen LogP contribution in [0.3, 0.4) is 0 Å². The highest BCUT2D eigenvalue weighted by molar-refractivity contribution is 5.43. The fourth-order valence-electron chi connectivity index (χ4n) is 6.36. The molecule has 2 atom stereocenters. The fourth-order valence-corrected chi connectivity index (χ4v) is 6.36. The quantitative estimate of drug-likeness (QED) is 0.399. The van der Waals surface area contributed by atoms with Crippen LogP contribution in [0.2, 0.25) is 0 Å². The van der Waals surface area contributed by atoms with Crippen molar-refractivity contribution >= 4 is 0 Å². The second-order valence-electron chi connectivity index (χ2n) is 10.2. The van der Waals surface area contributed by atoms with Gasteiger partial charge in [-0.25, -0.2) is 0 Å². The number of benzene rings is 1. The molecule has 0 saturated heterocycles. The molecule has 1 aromatic rings. The number of allylic oxidation sites excluding steroid dienone is 6. The first-order chi connectivity index (χ1) is 14.5. The van der Waals surface area contributed by atoms with E-state index in [2.05, 4.69) is 76.4 Å². The van der Waals surface area contributed by atoms with Crippen molar-refractivity contribution < 1.29 is 0 Å². The Kier molecular flexibility index (Phi) is 7.98. The van der Waals surface area contributed by atoms with Crippen molar-refractivity contribution in [2.24, 2.45) is 17.3 Å². The second-order valence-corrected chi connectivity index (χ2v) is 10.2. The van der Waals surface area contributed by atoms with Crippen LogP contribution in [0, 0.1) is 17.3 Å². The average Bonchev–Trinajstić information content (AvgIpc) is 2.75. The van der Waals surface area contributed by atoms with Gasteiger partial charge in [-0.3, -0.25) is 0 Å². The summed E-state index contributed by atoms with van der Waals surface area (Å²) in [5.41, 5.74) is 6.18. The van der Waals surface area contributed by atoms with Gasteiger partial charge in [-0.05, 0) is 98.7 Å². The highest BCUT2D eigenvalue weighted by Gasteiger charge is 2.43. The lowest BCUT2D eigenvalue weighted by atomic mass is 9.56. The fraction of sp³-hybridized carbons (Fsp3) is 0.533. The minimum atomic E-state index is 0.553. The molecule has 0 bridgehead atoms. The molecule has 0 amide bonds. The molecule has 2 fully saturated rings. The highest BCUT2D eigenvalue weighted by Crippen LogP contribution is 2.56. The second kappa shape index (κ2) is 10.5. The molecular weight excluding hydrogens is 360 g/mol. The summed E-state index contributed by atoms with van der Waals surface area (Å²) >= 11 is 0. The van der Waals surface area contributed by atoms with E-state index in [1.165, 1.54) is 74.5 Å². The van der Waals surface area contributed by atoms with Crippen LogP contribution < -0.4 is 0 Å². The lowest BCUT2D eigenvalue weighted by molar-refractivity contribution is 0.0582. The van der Waals surface area contributed by atoms with Gasteiger partial charge >= 0.3 is 0 Å². The van der Waals surface area contributed by atoms with Crippen LogP contribution in [0.5, 0.6) is 0 Å². The SMILES string of the molecule is C=C/C=C\C(C(=C)C1CCC2(CC1)CC(CCC)CC(c1ccccc1)C2)=C(C)C. The van der Waals surface area contributed by atoms with Crippen molar-refractivity contribution in [3.8, 4) is 0 Å². The molecule has 2 aliphatic carbocycles. The molecule has 0 heteroatoms. The van der Waals surface area contributed by atoms with E-state index in [0.29, 0.717) is 11.3 Å². The largest absolute Gasteiger partial charge is 0.0991 e. The molecule has 2 unspecified atom stereocenters. The van der Waals surface area contributed by atoms with Crippen LogP contribution in [-0.2, 0) is 0 Å². The lowest BCUT2D eigenvalue weighted by Crippen LogP contribution is -2.36. The Morgan fingerprint density at radius 2 is 1.80 bits per heavy atom. The molecular formula is C30H42. The summed E-state index contributed by atoms with van der Waals surface area (Å²) in [6, 6.07) is 11.3. The Balaban J connectivity index is 1.73. The first kappa shape index (κ1) is 22.9. The zero-order valence-corrected chi connectivity index (χ0v) is 19.6. The third-order valence-corrected chi connectivity index (χ3v) is 7.81. The summed E-state index contributed by atoms with van der Waals surface area (Å²) < 4.78 is 0. The van der Waals surface area contributed by atoms with Gasteiger partial charge in [0.2, 0.25) is 0 Å². The molecule has 0 aromatic heterocycles. The van der Waals surface area contributed by atoms with Crippen molar-refractivity contribution in [1.82, 2.24) is 0 Å². The maximum absolute atomic E-state index is 4.55. The van der Waals surface area contributed by atoms with Crippen molar-refractivity contribution in [3.05, 3.63) is 84.0 Å². The maximum atomic E-state index is 4.55. The van der Waals surface area contributed by atoms with Crippen molar-refractivity contribution in [2.45, 2.75) is 84.5 Å². The summed E-state index contributed by atoms with van der Waals surface area (Å²) in [5.74, 6) is 2.29. The predicted molar refractivity (Wildman–Crippen MR) is 133 cm³/mol. The summed E-state index contributed by atoms with van der Waals surface area (Å²) in [4.78, 5) is 0. The van der Waals surface area contributed by atoms with Gasteiger partial charge in [-0.1, -0.05) is 87.1 Å². The summed E-state index contributed by atoms with van der Waals surface area (Å²) in [6.07, 6.45) is 18.4. The number of hydrogen-bond donors (Lipinski definition) is 0. The van der Waals surface area contributed by atoms with Crippen molar-refractivity contribution in [3.63, 3.8) is 0 Å². The molecule has 1 aromatic carbocycles. The first-order valence-electron chi connectivity index (χ1n) is 12.2. The Morgan fingerprint density at radius 3 is 2.40 bits per heavy atom. The Bertz CT molecular complexity index is 764. The minimum absolute atomic E-state index is 0.553. The lowest BCUT2D eigenvalue weighted by Gasteiger charge is -2.49. The third kappa shape index (κ3) is 5.45. The standard InChI is InChI=1S/C30H42/c1-6-8-15-29(23(3)4)24(5)26-16-18-30(19-17-26)21-25(12-7-2)20-28(22-30)27-13-10-9-11-14-27/h6,8-11,13-15,25-26,28H,1,5,7,12,16-22H2,2-4H3/b15-8-. The zero-order chi connectivity index (χ0) is 21.6. The van der Waals surface area contributed by atoms with E-state index >= 15 is 0 Å². The Morgan fingerprint density at radius 1 is 1.10 bits per heavy atom. The Labute approximate surface area is 185 Å². The van der Waals surface area contributed by atoms with Gasteiger partial charge in [0.1, 0.15) is 0 Å². The average molecular weight is 403 g/mol. The molecule has 0 heterocycles. The first-order valence-corrected chi connectivity index (χ1v) is 12.2. The van der Waals surface area contributed by atoms with Crippen LogP contribution in [0.1, 0.15) is 90.0 Å². The molecule has 30 heavy (non-hydrogen) atoms. The van der Waals surface area contributed by atoms with Crippen molar-refractivity contribution in [1.29, 1.82) is 0 Å². The molecule has 2 saturated carbocycles. The van der Waals surface area contributed by atoms with Gasteiger partial charge in [0, 0.05) is 0 Å². The van der Waals surface area contributed by atoms with Crippen LogP contribution in [0.15, 0.2) is 78.4 Å². The predicted octanol–water partition coefficient (Wildman–Crippen LogP) is 9.18. The zero-order valence-electron chi connectivity index (χ0n) is 19.6. The number of rotatable bonds is 7. The molecule has 1 spiro atoms. The Hall–Kier alpha value is -1.82. The van der Waals surface area contributed by atoms with Crippen LogP contribution in [0.25, 0.3) is 0 Å². The molecule has 0 nitrogen and oxygen atoms in total. The van der Waals surface area contributed by atoms with E-state index in [9.17, 15) is 0 Å². The molecule has 0 aliphatic heterocycles. The molecule has 3 rings (SSSR count). The molecule has 162 valence electrons. The van der Waals surface area contributed by atoms with E-state index in [1.54, 1.807) is 5.56 Å². The van der Waals surface area contributed by atoms with E-state index < -0.39 is 0 Å². The third-order valence-electron chi connectivity index (χ3n) is 7.81. The van der Waals surface area contributed by atoms with Crippen LogP contribution in [0.4, 0.5) is 0 Å². The maximum Gasteiger partial charge on any atom is -0.0154 e. The van der Waals surface area contributed by atoms with Gasteiger partial charge in [0.25, 0.3) is 0 Å². The van der Waals surface area contributed by atoms with Crippen LogP contribution in [-0.4, -0.2) is 0 Å². The minimum Gasteiger partial charge on any atom is -0.0991 e. The normalized spacial score (nSPS) is 29.1. The van der Waals surface area contributed by atoms with Gasteiger partial charge in [-0.15, -0.1) is 0 Å². The highest BCUT2D eigenvalue weighted by atomic mass is 14.5. The topological polar surface area (TPSA) is 0 Å². The summed E-state index contributed by atoms with van der Waals surface area (Å²) in [7, 11) is 0. The van der Waals surface area contributed by atoms with Gasteiger partial charge < -0.3 is 0 Å². The molecule has 2 aliphatic rings. The number of hydrogen-bond acceptors (Lipinski definition) is 0. The smallest absolute Gasteiger partial charge is 0.0154 e. The summed E-state index contributed by atoms with van der Waals surface area (Å²) in [5, 5.41) is 0. The van der Waals surface area contributed by atoms with E-state index in [0.717, 1.165) is 11.8 Å². The van der Waals surface area contributed by atoms with Gasteiger partial charge in [0.15, 0.2) is 0 Å². The van der Waals surface area contributed by atoms with Gasteiger partial charge in [-0.2, -0.15) is 0 Å². The van der Waals surface area contributed by atoms with Gasteiger partial charge in [0.05, 0.1) is 0 Å². The molecule has 0 radical (unpaired) electrons. The molecule has 0 N–H and O–H groups in total. The summed E-state index contributed by atoms with van der Waals surface area (Å²) in [6.45, 7) is 15.2. The van der Waals surface area contributed by atoms with E-state index in [1.807, 2.05) is 6.08 Å². The monoisotopic (exact) mass is 402 g/mol. The van der Waals surface area contributed by atoms with E-state index in [4.69, 9.17) is 0 Å². The van der Waals surface area contributed by atoms with Crippen LogP contribution >= 0.6 is 0 Å². The van der Waals surface area contributed by atoms with Crippen molar-refractivity contribution in [2.75, 3.05) is 0 Å². The van der Waals surface area contributed by atoms with E-state index in [-0.39, 0.29) is 0 Å².